The number of hydrogen-bond acceptors (Lipinski definition) is 1. The molecule has 1 atom stereocenters. The molecule has 0 bridgehead atoms. The first-order chi connectivity index (χ1) is 3.42. The van der Waals surface area contributed by atoms with Gasteiger partial charge in [-0.05, 0) is 0 Å². The van der Waals surface area contributed by atoms with Crippen LogP contribution in [0.25, 0.3) is 0 Å². The van der Waals surface area contributed by atoms with Crippen molar-refractivity contribution in [2.24, 2.45) is 0 Å². The molecule has 0 fully saturated rings. The zero-order chi connectivity index (χ0) is 6.78. The summed E-state index contributed by atoms with van der Waals surface area (Å²) in [6.07, 6.45) is -7.45. The van der Waals surface area contributed by atoms with E-state index in [-0.39, 0.29) is 0 Å². The standard InChI is InChI=1S/C3H3F4O/c1-2(4)8-3(5,6)7/h2H,1H2. The molecule has 0 amide bonds. The Hall–Kier alpha value is -0.320. The predicted octanol–water partition coefficient (Wildman–Crippen LogP) is 1.65. The van der Waals surface area contributed by atoms with Crippen molar-refractivity contribution >= 4 is 0 Å². The first-order valence-electron chi connectivity index (χ1n) is 1.63. The van der Waals surface area contributed by atoms with Crippen molar-refractivity contribution in [1.29, 1.82) is 0 Å². The Labute approximate surface area is 43.2 Å². The summed E-state index contributed by atoms with van der Waals surface area (Å²) >= 11 is 0. The Bertz CT molecular complexity index is 66.2. The summed E-state index contributed by atoms with van der Waals surface area (Å²) in [5, 5.41) is 0. The van der Waals surface area contributed by atoms with Crippen molar-refractivity contribution in [1.82, 2.24) is 0 Å². The van der Waals surface area contributed by atoms with E-state index in [0.29, 0.717) is 0 Å². The third-order valence-electron chi connectivity index (χ3n) is 0.262. The second kappa shape index (κ2) is 2.30. The third kappa shape index (κ3) is 5.68. The van der Waals surface area contributed by atoms with Gasteiger partial charge in [0.05, 0.1) is 0 Å². The molecule has 0 aromatic carbocycles. The molecule has 0 saturated heterocycles. The number of alkyl halides is 4. The molecule has 0 aromatic heterocycles. The van der Waals surface area contributed by atoms with E-state index in [0.717, 1.165) is 0 Å². The number of hydrogen-bond donors (Lipinski definition) is 0. The molecular formula is C3H3F4O. The van der Waals surface area contributed by atoms with Gasteiger partial charge >= 0.3 is 6.36 Å². The van der Waals surface area contributed by atoms with Gasteiger partial charge in [0.2, 0.25) is 6.36 Å². The maximum Gasteiger partial charge on any atom is 0.525 e. The molecule has 0 aliphatic rings. The van der Waals surface area contributed by atoms with E-state index >= 15 is 0 Å². The largest absolute Gasteiger partial charge is 0.525 e. The summed E-state index contributed by atoms with van der Waals surface area (Å²) in [5.41, 5.74) is 0. The lowest BCUT2D eigenvalue weighted by molar-refractivity contribution is -0.352. The molecule has 0 aliphatic heterocycles. The predicted molar refractivity (Wildman–Crippen MR) is 17.4 cm³/mol. The quantitative estimate of drug-likeness (QED) is 0.491. The Balaban J connectivity index is 3.39. The highest BCUT2D eigenvalue weighted by Gasteiger charge is 2.31. The van der Waals surface area contributed by atoms with Crippen LogP contribution in [0.3, 0.4) is 0 Å². The van der Waals surface area contributed by atoms with E-state index in [1.54, 1.807) is 0 Å². The highest BCUT2D eigenvalue weighted by molar-refractivity contribution is 4.40. The lowest BCUT2D eigenvalue weighted by atomic mass is 10.8. The van der Waals surface area contributed by atoms with Gasteiger partial charge in [0.1, 0.15) is 0 Å². The fraction of sp³-hybridized carbons (Fsp3) is 0.667. The van der Waals surface area contributed by atoms with Crippen LogP contribution in [-0.2, 0) is 4.74 Å². The zero-order valence-corrected chi connectivity index (χ0v) is 3.70. The molecule has 0 heterocycles. The number of ether oxygens (including phenoxy) is 1. The molecule has 0 aliphatic carbocycles. The molecule has 8 heavy (non-hydrogen) atoms. The third-order valence-corrected chi connectivity index (χ3v) is 0.262. The second-order valence-electron chi connectivity index (χ2n) is 0.974. The molecule has 5 heteroatoms. The summed E-state index contributed by atoms with van der Waals surface area (Å²) in [7, 11) is 0. The molecule has 1 nitrogen and oxygen atoms in total. The average Bonchev–Trinajstić information content (AvgIpc) is 1.21. The average molecular weight is 131 g/mol. The molecule has 0 rings (SSSR count). The van der Waals surface area contributed by atoms with Crippen LogP contribution >= 0.6 is 0 Å². The van der Waals surface area contributed by atoms with Crippen LogP contribution < -0.4 is 0 Å². The van der Waals surface area contributed by atoms with Crippen molar-refractivity contribution in [2.75, 3.05) is 0 Å². The lowest BCUT2D eigenvalue weighted by Gasteiger charge is -2.05. The fourth-order valence-electron chi connectivity index (χ4n) is 0.145. The monoisotopic (exact) mass is 131 g/mol. The highest BCUT2D eigenvalue weighted by Crippen LogP contribution is 2.18. The van der Waals surface area contributed by atoms with Crippen LogP contribution in [-0.4, -0.2) is 12.7 Å². The second-order valence-corrected chi connectivity index (χ2v) is 0.974. The van der Waals surface area contributed by atoms with E-state index in [2.05, 4.69) is 11.7 Å². The van der Waals surface area contributed by atoms with Crippen molar-refractivity contribution in [3.05, 3.63) is 6.92 Å². The summed E-state index contributed by atoms with van der Waals surface area (Å²) in [6, 6.07) is 0. The summed E-state index contributed by atoms with van der Waals surface area (Å²) < 4.78 is 46.2. The molecule has 1 radical (unpaired) electrons. The zero-order valence-electron chi connectivity index (χ0n) is 3.70. The van der Waals surface area contributed by atoms with Gasteiger partial charge in [0.15, 0.2) is 0 Å². The minimum absolute atomic E-state index is 2.31. The van der Waals surface area contributed by atoms with Gasteiger partial charge in [-0.15, -0.1) is 13.2 Å². The minimum atomic E-state index is -4.92. The minimum Gasteiger partial charge on any atom is -0.257 e. The summed E-state index contributed by atoms with van der Waals surface area (Å²) in [5.74, 6) is 0. The van der Waals surface area contributed by atoms with Gasteiger partial charge in [-0.25, -0.2) is 4.39 Å². The topological polar surface area (TPSA) is 9.23 Å². The van der Waals surface area contributed by atoms with Crippen LogP contribution in [0.4, 0.5) is 17.6 Å². The molecule has 0 saturated carbocycles. The summed E-state index contributed by atoms with van der Waals surface area (Å²) in [6.45, 7) is 2.31. The maximum absolute atomic E-state index is 11.1. The Kier molecular flexibility index (Phi) is 2.21. The summed E-state index contributed by atoms with van der Waals surface area (Å²) in [4.78, 5) is 0. The van der Waals surface area contributed by atoms with E-state index in [4.69, 9.17) is 0 Å². The van der Waals surface area contributed by atoms with E-state index in [1.165, 1.54) is 0 Å². The number of halogens is 4. The Morgan fingerprint density at radius 3 is 1.75 bits per heavy atom. The van der Waals surface area contributed by atoms with E-state index in [9.17, 15) is 17.6 Å². The molecule has 0 N–H and O–H groups in total. The SMILES string of the molecule is [CH2]C(F)OC(F)(F)F. The molecule has 49 valence electrons. The lowest BCUT2D eigenvalue weighted by Crippen LogP contribution is -2.17. The van der Waals surface area contributed by atoms with Gasteiger partial charge in [-0.2, -0.15) is 0 Å². The van der Waals surface area contributed by atoms with E-state index in [1.807, 2.05) is 0 Å². The van der Waals surface area contributed by atoms with Crippen molar-refractivity contribution in [3.8, 4) is 0 Å². The van der Waals surface area contributed by atoms with Crippen molar-refractivity contribution in [2.45, 2.75) is 12.7 Å². The Morgan fingerprint density at radius 2 is 1.75 bits per heavy atom. The van der Waals surface area contributed by atoms with Gasteiger partial charge in [0.25, 0.3) is 0 Å². The highest BCUT2D eigenvalue weighted by atomic mass is 19.4. The van der Waals surface area contributed by atoms with Gasteiger partial charge < -0.3 is 0 Å². The van der Waals surface area contributed by atoms with E-state index < -0.39 is 12.7 Å². The van der Waals surface area contributed by atoms with Crippen LogP contribution in [0.15, 0.2) is 0 Å². The maximum atomic E-state index is 11.1. The molecular weight excluding hydrogens is 128 g/mol. The molecule has 1 unspecified atom stereocenters. The smallest absolute Gasteiger partial charge is 0.257 e. The normalized spacial score (nSPS) is 16.1. The van der Waals surface area contributed by atoms with Gasteiger partial charge in [-0.1, -0.05) is 0 Å². The van der Waals surface area contributed by atoms with Crippen LogP contribution in [0, 0.1) is 6.92 Å². The molecule has 0 aromatic rings. The van der Waals surface area contributed by atoms with Crippen LogP contribution in [0.1, 0.15) is 0 Å². The fourth-order valence-corrected chi connectivity index (χ4v) is 0.145. The van der Waals surface area contributed by atoms with Crippen molar-refractivity contribution < 1.29 is 22.3 Å². The van der Waals surface area contributed by atoms with Gasteiger partial charge in [-0.3, -0.25) is 4.74 Å². The molecule has 0 spiro atoms. The first-order valence-corrected chi connectivity index (χ1v) is 1.63. The Morgan fingerprint density at radius 1 is 1.38 bits per heavy atom. The first kappa shape index (κ1) is 7.68. The van der Waals surface area contributed by atoms with Crippen LogP contribution in [0.5, 0.6) is 0 Å². The van der Waals surface area contributed by atoms with Crippen molar-refractivity contribution in [3.63, 3.8) is 0 Å². The van der Waals surface area contributed by atoms with Gasteiger partial charge in [0, 0.05) is 6.92 Å². The van der Waals surface area contributed by atoms with Crippen LogP contribution in [0.2, 0.25) is 0 Å². The number of rotatable bonds is 1.